The molecule has 0 radical (unpaired) electrons. The van der Waals surface area contributed by atoms with Gasteiger partial charge in [0.2, 0.25) is 5.91 Å². The minimum absolute atomic E-state index is 0.0167. The molecule has 6 nitrogen and oxygen atoms in total. The Balaban J connectivity index is 1.73. The third-order valence-electron chi connectivity index (χ3n) is 4.23. The minimum Gasteiger partial charge on any atom is -0.353 e. The van der Waals surface area contributed by atoms with E-state index in [1.807, 2.05) is 13.8 Å². The monoisotopic (exact) mass is 320 g/mol. The maximum absolute atomic E-state index is 12.5. The fourth-order valence-corrected chi connectivity index (χ4v) is 3.50. The number of nitrogens with one attached hydrogen (secondary N) is 1. The van der Waals surface area contributed by atoms with Crippen molar-refractivity contribution in [3.05, 3.63) is 27.1 Å². The number of nitrogens with zero attached hydrogens (tertiary/aromatic N) is 2. The van der Waals surface area contributed by atoms with Crippen molar-refractivity contribution < 1.29 is 4.79 Å². The molecule has 2 aromatic heterocycles. The van der Waals surface area contributed by atoms with Gasteiger partial charge in [0.15, 0.2) is 0 Å². The molecule has 3 rings (SSSR count). The predicted octanol–water partition coefficient (Wildman–Crippen LogP) is 0.928. The molecule has 7 heteroatoms. The number of aryl methyl sites for hydroxylation is 2. The normalized spacial score (nSPS) is 16.0. The van der Waals surface area contributed by atoms with E-state index in [9.17, 15) is 9.59 Å². The van der Waals surface area contributed by atoms with Crippen LogP contribution in [0, 0.1) is 19.8 Å². The van der Waals surface area contributed by atoms with Crippen molar-refractivity contribution in [2.75, 3.05) is 6.54 Å². The van der Waals surface area contributed by atoms with E-state index in [0.29, 0.717) is 17.8 Å². The maximum atomic E-state index is 12.5. The number of fused-ring (bicyclic) bond motifs is 1. The van der Waals surface area contributed by atoms with Gasteiger partial charge < -0.3 is 11.1 Å². The van der Waals surface area contributed by atoms with Crippen LogP contribution in [0.15, 0.2) is 11.1 Å². The van der Waals surface area contributed by atoms with E-state index in [0.717, 1.165) is 28.1 Å². The Kier molecular flexibility index (Phi) is 4.01. The molecular formula is C15H20N4O2S. The Hall–Kier alpha value is -1.73. The Bertz CT molecular complexity index is 776. The van der Waals surface area contributed by atoms with E-state index in [1.54, 1.807) is 0 Å². The number of aromatic nitrogens is 2. The first-order chi connectivity index (χ1) is 10.5. The molecule has 0 spiro atoms. The smallest absolute Gasteiger partial charge is 0.262 e. The third-order valence-corrected chi connectivity index (χ3v) is 5.35. The zero-order chi connectivity index (χ0) is 15.9. The molecule has 2 heterocycles. The first-order valence-electron chi connectivity index (χ1n) is 7.44. The molecule has 1 atom stereocenters. The minimum atomic E-state index is -0.205. The number of hydrogen-bond acceptors (Lipinski definition) is 5. The largest absolute Gasteiger partial charge is 0.353 e. The highest BCUT2D eigenvalue weighted by Crippen LogP contribution is 2.31. The van der Waals surface area contributed by atoms with Gasteiger partial charge in [0.1, 0.15) is 11.4 Å². The molecule has 1 amide bonds. The lowest BCUT2D eigenvalue weighted by Gasteiger charge is -2.12. The number of hydrogen-bond donors (Lipinski definition) is 2. The van der Waals surface area contributed by atoms with Gasteiger partial charge in [-0.3, -0.25) is 14.2 Å². The first-order valence-corrected chi connectivity index (χ1v) is 8.26. The van der Waals surface area contributed by atoms with E-state index in [2.05, 4.69) is 10.3 Å². The van der Waals surface area contributed by atoms with Crippen LogP contribution in [-0.4, -0.2) is 28.0 Å². The van der Waals surface area contributed by atoms with Gasteiger partial charge in [0, 0.05) is 17.5 Å². The van der Waals surface area contributed by atoms with Crippen LogP contribution in [-0.2, 0) is 11.3 Å². The summed E-state index contributed by atoms with van der Waals surface area (Å²) in [5.41, 5.74) is 6.74. The summed E-state index contributed by atoms with van der Waals surface area (Å²) < 4.78 is 1.36. The van der Waals surface area contributed by atoms with Crippen LogP contribution < -0.4 is 16.6 Å². The molecule has 118 valence electrons. The average molecular weight is 320 g/mol. The summed E-state index contributed by atoms with van der Waals surface area (Å²) in [6.45, 7) is 4.33. The average Bonchev–Trinajstić information content (AvgIpc) is 3.28. The number of carbonyl (C=O) groups excluding carboxylic acids is 1. The van der Waals surface area contributed by atoms with Crippen molar-refractivity contribution >= 4 is 27.5 Å². The van der Waals surface area contributed by atoms with Crippen molar-refractivity contribution in [2.45, 2.75) is 39.3 Å². The van der Waals surface area contributed by atoms with E-state index in [4.69, 9.17) is 5.73 Å². The zero-order valence-corrected chi connectivity index (χ0v) is 13.6. The van der Waals surface area contributed by atoms with Gasteiger partial charge in [-0.2, -0.15) is 0 Å². The van der Waals surface area contributed by atoms with Gasteiger partial charge in [-0.1, -0.05) is 0 Å². The quantitative estimate of drug-likeness (QED) is 0.857. The third kappa shape index (κ3) is 2.91. The summed E-state index contributed by atoms with van der Waals surface area (Å²) in [4.78, 5) is 30.6. The highest BCUT2D eigenvalue weighted by molar-refractivity contribution is 7.18. The van der Waals surface area contributed by atoms with Crippen molar-refractivity contribution in [1.29, 1.82) is 0 Å². The van der Waals surface area contributed by atoms with Crippen LogP contribution in [0.25, 0.3) is 10.2 Å². The number of nitrogens with two attached hydrogens (primary N) is 1. The van der Waals surface area contributed by atoms with Gasteiger partial charge >= 0.3 is 0 Å². The van der Waals surface area contributed by atoms with Crippen LogP contribution in [0.5, 0.6) is 0 Å². The molecule has 0 saturated heterocycles. The molecule has 0 aliphatic heterocycles. The molecule has 0 aromatic carbocycles. The standard InChI is InChI=1S/C15H20N4O2S/c1-8-9(2)22-14-13(8)15(21)19(7-18-14)6-12(20)17-5-11(16)10-3-4-10/h7,10-11H,3-6,16H2,1-2H3,(H,17,20). The van der Waals surface area contributed by atoms with E-state index in [-0.39, 0.29) is 24.1 Å². The predicted molar refractivity (Wildman–Crippen MR) is 87.1 cm³/mol. The molecule has 22 heavy (non-hydrogen) atoms. The molecule has 1 aliphatic carbocycles. The molecule has 1 aliphatic rings. The summed E-state index contributed by atoms with van der Waals surface area (Å²) in [6.07, 6.45) is 3.74. The van der Waals surface area contributed by atoms with Crippen LogP contribution in [0.3, 0.4) is 0 Å². The molecule has 1 saturated carbocycles. The van der Waals surface area contributed by atoms with Crippen LogP contribution in [0.1, 0.15) is 23.3 Å². The maximum Gasteiger partial charge on any atom is 0.262 e. The van der Waals surface area contributed by atoms with E-state index in [1.165, 1.54) is 22.2 Å². The fourth-order valence-electron chi connectivity index (χ4n) is 2.52. The molecular weight excluding hydrogens is 300 g/mol. The van der Waals surface area contributed by atoms with Crippen molar-refractivity contribution in [1.82, 2.24) is 14.9 Å². The van der Waals surface area contributed by atoms with E-state index >= 15 is 0 Å². The highest BCUT2D eigenvalue weighted by Gasteiger charge is 2.28. The first kappa shape index (κ1) is 15.2. The number of rotatable bonds is 5. The Morgan fingerprint density at radius 1 is 1.55 bits per heavy atom. The lowest BCUT2D eigenvalue weighted by atomic mass is 10.2. The number of thiophene rings is 1. The van der Waals surface area contributed by atoms with Crippen molar-refractivity contribution in [3.63, 3.8) is 0 Å². The number of amides is 1. The van der Waals surface area contributed by atoms with Gasteiger partial charge in [0.25, 0.3) is 5.56 Å². The van der Waals surface area contributed by atoms with Gasteiger partial charge in [0.05, 0.1) is 11.7 Å². The summed E-state index contributed by atoms with van der Waals surface area (Å²) in [6, 6.07) is 0.0167. The fraction of sp³-hybridized carbons (Fsp3) is 0.533. The molecule has 1 unspecified atom stereocenters. The SMILES string of the molecule is Cc1sc2ncn(CC(=O)NCC(N)C3CC3)c(=O)c2c1C. The summed E-state index contributed by atoms with van der Waals surface area (Å²) in [5, 5.41) is 3.42. The van der Waals surface area contributed by atoms with Crippen LogP contribution in [0.2, 0.25) is 0 Å². The molecule has 2 aromatic rings. The molecule has 1 fully saturated rings. The van der Waals surface area contributed by atoms with E-state index < -0.39 is 0 Å². The Morgan fingerprint density at radius 2 is 2.27 bits per heavy atom. The second kappa shape index (κ2) is 5.81. The molecule has 3 N–H and O–H groups in total. The lowest BCUT2D eigenvalue weighted by molar-refractivity contribution is -0.121. The van der Waals surface area contributed by atoms with Gasteiger partial charge in [-0.25, -0.2) is 4.98 Å². The van der Waals surface area contributed by atoms with Crippen molar-refractivity contribution in [2.24, 2.45) is 11.7 Å². The van der Waals surface area contributed by atoms with Crippen LogP contribution in [0.4, 0.5) is 0 Å². The Labute approximate surface area is 132 Å². The zero-order valence-electron chi connectivity index (χ0n) is 12.8. The highest BCUT2D eigenvalue weighted by atomic mass is 32.1. The summed E-state index contributed by atoms with van der Waals surface area (Å²) in [7, 11) is 0. The second-order valence-electron chi connectivity index (χ2n) is 5.95. The summed E-state index contributed by atoms with van der Waals surface area (Å²) >= 11 is 1.50. The van der Waals surface area contributed by atoms with Gasteiger partial charge in [-0.05, 0) is 38.2 Å². The van der Waals surface area contributed by atoms with Gasteiger partial charge in [-0.15, -0.1) is 11.3 Å². The topological polar surface area (TPSA) is 90.0 Å². The Morgan fingerprint density at radius 3 is 2.95 bits per heavy atom. The van der Waals surface area contributed by atoms with Crippen molar-refractivity contribution in [3.8, 4) is 0 Å². The molecule has 0 bridgehead atoms. The summed E-state index contributed by atoms with van der Waals surface area (Å²) in [5.74, 6) is 0.335. The van der Waals surface area contributed by atoms with Crippen LogP contribution >= 0.6 is 11.3 Å². The lowest BCUT2D eigenvalue weighted by Crippen LogP contribution is -2.41. The second-order valence-corrected chi connectivity index (χ2v) is 7.15. The number of carbonyl (C=O) groups is 1.